The number of hydrogen-bond donors (Lipinski definition) is 1. The first-order valence-corrected chi connectivity index (χ1v) is 8.63. The monoisotopic (exact) mass is 360 g/mol. The van der Waals surface area contributed by atoms with Gasteiger partial charge in [0.05, 0.1) is 12.5 Å². The fraction of sp³-hybridized carbons (Fsp3) is 0.400. The predicted octanol–water partition coefficient (Wildman–Crippen LogP) is 3.24. The van der Waals surface area contributed by atoms with Gasteiger partial charge in [-0.25, -0.2) is 8.78 Å². The SMILES string of the molecule is C[C@H]1c2cccc(C(C)(O)C(F)F)c2CCN1C(=O)Cc1ccncc1. The normalized spacial score (nSPS) is 19.2. The topological polar surface area (TPSA) is 53.4 Å². The van der Waals surface area contributed by atoms with Crippen LogP contribution in [-0.2, 0) is 23.2 Å². The molecule has 4 nitrogen and oxygen atoms in total. The van der Waals surface area contributed by atoms with Crippen LogP contribution in [0, 0.1) is 0 Å². The van der Waals surface area contributed by atoms with Gasteiger partial charge >= 0.3 is 0 Å². The highest BCUT2D eigenvalue weighted by atomic mass is 19.3. The maximum atomic E-state index is 13.3. The molecule has 0 aliphatic carbocycles. The number of aromatic nitrogens is 1. The highest BCUT2D eigenvalue weighted by Gasteiger charge is 2.39. The highest BCUT2D eigenvalue weighted by Crippen LogP contribution is 2.38. The Morgan fingerprint density at radius 2 is 2.04 bits per heavy atom. The summed E-state index contributed by atoms with van der Waals surface area (Å²) in [5.41, 5.74) is 0.473. The lowest BCUT2D eigenvalue weighted by Gasteiger charge is -2.38. The first kappa shape index (κ1) is 18.5. The van der Waals surface area contributed by atoms with E-state index in [0.29, 0.717) is 13.0 Å². The van der Waals surface area contributed by atoms with Crippen LogP contribution in [0.1, 0.15) is 42.1 Å². The Bertz CT molecular complexity index is 794. The van der Waals surface area contributed by atoms with Crippen molar-refractivity contribution >= 4 is 5.91 Å². The molecule has 1 aromatic carbocycles. The van der Waals surface area contributed by atoms with Crippen LogP contribution >= 0.6 is 0 Å². The van der Waals surface area contributed by atoms with Gasteiger partial charge in [-0.05, 0) is 54.7 Å². The number of alkyl halides is 2. The number of carbonyl (C=O) groups is 1. The minimum absolute atomic E-state index is 0.0135. The third kappa shape index (κ3) is 3.33. The molecule has 2 atom stereocenters. The Morgan fingerprint density at radius 3 is 2.69 bits per heavy atom. The van der Waals surface area contributed by atoms with Crippen molar-refractivity contribution in [2.24, 2.45) is 0 Å². The lowest BCUT2D eigenvalue weighted by molar-refractivity contribution is -0.133. The highest BCUT2D eigenvalue weighted by molar-refractivity contribution is 5.79. The van der Waals surface area contributed by atoms with Crippen LogP contribution in [0.25, 0.3) is 0 Å². The molecule has 1 amide bonds. The lowest BCUT2D eigenvalue weighted by atomic mass is 9.83. The van der Waals surface area contributed by atoms with E-state index in [1.807, 2.05) is 13.0 Å². The second kappa shape index (κ2) is 7.11. The molecule has 138 valence electrons. The Morgan fingerprint density at radius 1 is 1.35 bits per heavy atom. The molecule has 26 heavy (non-hydrogen) atoms. The van der Waals surface area contributed by atoms with Crippen molar-refractivity contribution in [3.63, 3.8) is 0 Å². The van der Waals surface area contributed by atoms with E-state index >= 15 is 0 Å². The van der Waals surface area contributed by atoms with E-state index in [2.05, 4.69) is 4.98 Å². The quantitative estimate of drug-likeness (QED) is 0.911. The second-order valence-corrected chi connectivity index (χ2v) is 6.87. The first-order chi connectivity index (χ1) is 12.3. The van der Waals surface area contributed by atoms with Crippen molar-refractivity contribution in [1.29, 1.82) is 0 Å². The van der Waals surface area contributed by atoms with Gasteiger partial charge in [-0.2, -0.15) is 0 Å². The van der Waals surface area contributed by atoms with Gasteiger partial charge < -0.3 is 10.0 Å². The van der Waals surface area contributed by atoms with Crippen LogP contribution in [0.15, 0.2) is 42.7 Å². The fourth-order valence-corrected chi connectivity index (χ4v) is 3.58. The molecule has 1 aliphatic rings. The summed E-state index contributed by atoms with van der Waals surface area (Å²) in [7, 11) is 0. The van der Waals surface area contributed by atoms with Crippen LogP contribution in [0.5, 0.6) is 0 Å². The van der Waals surface area contributed by atoms with Gasteiger partial charge in [-0.1, -0.05) is 18.2 Å². The average molecular weight is 360 g/mol. The molecule has 1 aromatic heterocycles. The lowest BCUT2D eigenvalue weighted by Crippen LogP contribution is -2.41. The van der Waals surface area contributed by atoms with E-state index in [4.69, 9.17) is 0 Å². The summed E-state index contributed by atoms with van der Waals surface area (Å²) in [5.74, 6) is -0.0135. The Kier molecular flexibility index (Phi) is 5.05. The molecule has 0 saturated heterocycles. The molecule has 6 heteroatoms. The average Bonchev–Trinajstić information content (AvgIpc) is 2.62. The van der Waals surface area contributed by atoms with E-state index in [0.717, 1.165) is 23.6 Å². The molecule has 0 fully saturated rings. The van der Waals surface area contributed by atoms with E-state index in [1.165, 1.54) is 0 Å². The number of fused-ring (bicyclic) bond motifs is 1. The van der Waals surface area contributed by atoms with Crippen LogP contribution in [0.4, 0.5) is 8.78 Å². The molecule has 0 saturated carbocycles. The number of carbonyl (C=O) groups excluding carboxylic acids is 1. The molecule has 1 N–H and O–H groups in total. The molecule has 2 aromatic rings. The third-order valence-electron chi connectivity index (χ3n) is 5.13. The number of rotatable bonds is 4. The number of benzene rings is 1. The van der Waals surface area contributed by atoms with E-state index < -0.39 is 12.0 Å². The fourth-order valence-electron chi connectivity index (χ4n) is 3.58. The summed E-state index contributed by atoms with van der Waals surface area (Å²) in [6.45, 7) is 3.47. The first-order valence-electron chi connectivity index (χ1n) is 8.63. The number of hydrogen-bond acceptors (Lipinski definition) is 3. The number of halogens is 2. The smallest absolute Gasteiger partial charge is 0.270 e. The van der Waals surface area contributed by atoms with Gasteiger partial charge in [0.1, 0.15) is 5.60 Å². The maximum absolute atomic E-state index is 13.3. The van der Waals surface area contributed by atoms with Crippen LogP contribution in [0.3, 0.4) is 0 Å². The third-order valence-corrected chi connectivity index (χ3v) is 5.13. The van der Waals surface area contributed by atoms with E-state index in [-0.39, 0.29) is 23.9 Å². The molecule has 0 spiro atoms. The summed E-state index contributed by atoms with van der Waals surface area (Å²) in [6, 6.07) is 8.43. The maximum Gasteiger partial charge on any atom is 0.270 e. The molecular weight excluding hydrogens is 338 g/mol. The zero-order chi connectivity index (χ0) is 18.9. The molecular formula is C20H22F2N2O2. The number of pyridine rings is 1. The van der Waals surface area contributed by atoms with Gasteiger partial charge in [0.25, 0.3) is 6.43 Å². The van der Waals surface area contributed by atoms with Crippen LogP contribution in [-0.4, -0.2) is 33.9 Å². The minimum atomic E-state index is -2.88. The molecule has 1 aliphatic heterocycles. The summed E-state index contributed by atoms with van der Waals surface area (Å²) in [6.07, 6.45) is 1.14. The standard InChI is InChI=1S/C20H22F2N2O2/c1-13-15-4-3-5-17(20(2,26)19(21)22)16(15)8-11-24(13)18(25)12-14-6-9-23-10-7-14/h3-7,9-10,13,19,26H,8,11-12H2,1-2H3/t13-,20?/m0/s1. The van der Waals surface area contributed by atoms with Gasteiger partial charge in [-0.3, -0.25) is 9.78 Å². The summed E-state index contributed by atoms with van der Waals surface area (Å²) in [5, 5.41) is 10.2. The van der Waals surface area contributed by atoms with Crippen molar-refractivity contribution in [3.05, 3.63) is 65.0 Å². The van der Waals surface area contributed by atoms with Gasteiger partial charge in [0.15, 0.2) is 0 Å². The molecule has 2 heterocycles. The summed E-state index contributed by atoms with van der Waals surface area (Å²) >= 11 is 0. The largest absolute Gasteiger partial charge is 0.379 e. The van der Waals surface area contributed by atoms with Crippen molar-refractivity contribution in [2.45, 2.75) is 44.8 Å². The van der Waals surface area contributed by atoms with Crippen molar-refractivity contribution < 1.29 is 18.7 Å². The molecule has 3 rings (SSSR count). The van der Waals surface area contributed by atoms with Gasteiger partial charge in [0, 0.05) is 18.9 Å². The second-order valence-electron chi connectivity index (χ2n) is 6.87. The molecule has 0 radical (unpaired) electrons. The number of nitrogens with zero attached hydrogens (tertiary/aromatic N) is 2. The van der Waals surface area contributed by atoms with Crippen molar-refractivity contribution in [3.8, 4) is 0 Å². The zero-order valence-electron chi connectivity index (χ0n) is 14.8. The summed E-state index contributed by atoms with van der Waals surface area (Å²) in [4.78, 5) is 18.4. The van der Waals surface area contributed by atoms with Gasteiger partial charge in [0.2, 0.25) is 5.91 Å². The number of aliphatic hydroxyl groups is 1. The minimum Gasteiger partial charge on any atom is -0.379 e. The summed E-state index contributed by atoms with van der Waals surface area (Å²) < 4.78 is 26.6. The van der Waals surface area contributed by atoms with Gasteiger partial charge in [-0.15, -0.1) is 0 Å². The van der Waals surface area contributed by atoms with Crippen LogP contribution in [0.2, 0.25) is 0 Å². The number of amides is 1. The van der Waals surface area contributed by atoms with E-state index in [1.54, 1.807) is 41.6 Å². The van der Waals surface area contributed by atoms with Crippen molar-refractivity contribution in [1.82, 2.24) is 9.88 Å². The Balaban J connectivity index is 1.87. The Labute approximate surface area is 151 Å². The Hall–Kier alpha value is -2.34. The van der Waals surface area contributed by atoms with Crippen molar-refractivity contribution in [2.75, 3.05) is 6.54 Å². The molecule has 1 unspecified atom stereocenters. The van der Waals surface area contributed by atoms with Crippen LogP contribution < -0.4 is 0 Å². The predicted molar refractivity (Wildman–Crippen MR) is 93.8 cm³/mol. The van der Waals surface area contributed by atoms with E-state index in [9.17, 15) is 18.7 Å². The zero-order valence-corrected chi connectivity index (χ0v) is 14.8. The molecule has 0 bridgehead atoms.